The number of carbonyl (C=O) groups is 1. The van der Waals surface area contributed by atoms with Crippen LogP contribution in [0.1, 0.15) is 46.5 Å². The van der Waals surface area contributed by atoms with E-state index in [-0.39, 0.29) is 5.97 Å². The highest BCUT2D eigenvalue weighted by Crippen LogP contribution is 2.33. The smallest absolute Gasteiger partial charge is 0.335 e. The van der Waals surface area contributed by atoms with Crippen molar-refractivity contribution in [3.05, 3.63) is 0 Å². The number of unbranched alkanes of at least 4 members (excludes halogenated alkanes) is 2. The predicted octanol–water partition coefficient (Wildman–Crippen LogP) is 3.08. The van der Waals surface area contributed by atoms with E-state index in [9.17, 15) is 4.79 Å². The van der Waals surface area contributed by atoms with Gasteiger partial charge in [-0.2, -0.15) is 0 Å². The lowest BCUT2D eigenvalue weighted by Crippen LogP contribution is -2.42. The van der Waals surface area contributed by atoms with Crippen molar-refractivity contribution in [2.75, 3.05) is 6.61 Å². The fraction of sp³-hybridized carbons (Fsp3) is 0.833. The van der Waals surface area contributed by atoms with Crippen molar-refractivity contribution < 1.29 is 14.3 Å². The minimum atomic E-state index is -0.530. The highest BCUT2D eigenvalue weighted by molar-refractivity contribution is 14.1. The van der Waals surface area contributed by atoms with E-state index in [1.807, 2.05) is 29.5 Å². The number of halogens is 1. The van der Waals surface area contributed by atoms with Crippen LogP contribution >= 0.6 is 22.6 Å². The Labute approximate surface area is 116 Å². The van der Waals surface area contributed by atoms with Gasteiger partial charge in [0.15, 0.2) is 6.04 Å². The van der Waals surface area contributed by atoms with Gasteiger partial charge in [0, 0.05) is 22.6 Å². The first-order valence-corrected chi connectivity index (χ1v) is 7.20. The van der Waals surface area contributed by atoms with Crippen molar-refractivity contribution in [1.82, 2.24) is 0 Å². The fourth-order valence-electron chi connectivity index (χ4n) is 1.95. The van der Waals surface area contributed by atoms with Crippen molar-refractivity contribution in [3.63, 3.8) is 0 Å². The minimum absolute atomic E-state index is 0.279. The van der Waals surface area contributed by atoms with Gasteiger partial charge in [-0.1, -0.05) is 19.8 Å². The Bertz CT molecular complexity index is 306. The third-order valence-corrected chi connectivity index (χ3v) is 3.41. The van der Waals surface area contributed by atoms with E-state index in [2.05, 4.69) is 11.9 Å². The Morgan fingerprint density at radius 1 is 1.53 bits per heavy atom. The topological polar surface area (TPSA) is 47.9 Å². The van der Waals surface area contributed by atoms with Gasteiger partial charge >= 0.3 is 5.97 Å². The first-order valence-electron chi connectivity index (χ1n) is 6.12. The van der Waals surface area contributed by atoms with Crippen LogP contribution in [0.2, 0.25) is 0 Å². The average molecular weight is 353 g/mol. The predicted molar refractivity (Wildman–Crippen MR) is 75.5 cm³/mol. The van der Waals surface area contributed by atoms with Crippen LogP contribution in [0.4, 0.5) is 0 Å². The maximum absolute atomic E-state index is 11.8. The van der Waals surface area contributed by atoms with Crippen LogP contribution in [0.15, 0.2) is 4.99 Å². The summed E-state index contributed by atoms with van der Waals surface area (Å²) in [6.45, 7) is 6.28. The van der Waals surface area contributed by atoms with Gasteiger partial charge in [0.1, 0.15) is 5.60 Å². The quantitative estimate of drug-likeness (QED) is 0.419. The monoisotopic (exact) mass is 353 g/mol. The molecule has 0 fully saturated rings. The van der Waals surface area contributed by atoms with E-state index in [1.54, 1.807) is 6.92 Å². The van der Waals surface area contributed by atoms with Crippen LogP contribution in [0.25, 0.3) is 0 Å². The minimum Gasteiger partial charge on any atom is -0.464 e. The SMILES string of the molecule is CCCCCC1(C)OC(I)=NC1C(=O)OCC. The van der Waals surface area contributed by atoms with Gasteiger partial charge in [-0.15, -0.1) is 0 Å². The third kappa shape index (κ3) is 3.82. The molecule has 0 saturated carbocycles. The van der Waals surface area contributed by atoms with Gasteiger partial charge < -0.3 is 9.47 Å². The molecular weight excluding hydrogens is 333 g/mol. The van der Waals surface area contributed by atoms with E-state index in [0.717, 1.165) is 25.7 Å². The molecule has 1 heterocycles. The molecule has 17 heavy (non-hydrogen) atoms. The summed E-state index contributed by atoms with van der Waals surface area (Å²) in [6.07, 6.45) is 4.17. The Balaban J connectivity index is 2.66. The van der Waals surface area contributed by atoms with Gasteiger partial charge in [-0.05, 0) is 26.7 Å². The second-order valence-electron chi connectivity index (χ2n) is 4.41. The number of ether oxygens (including phenoxy) is 2. The van der Waals surface area contributed by atoms with Gasteiger partial charge in [0.05, 0.1) is 6.61 Å². The van der Waals surface area contributed by atoms with Crippen LogP contribution in [0.3, 0.4) is 0 Å². The largest absolute Gasteiger partial charge is 0.464 e. The van der Waals surface area contributed by atoms with Gasteiger partial charge in [-0.3, -0.25) is 0 Å². The van der Waals surface area contributed by atoms with Gasteiger partial charge in [-0.25, -0.2) is 9.79 Å². The second kappa shape index (κ2) is 6.56. The third-order valence-electron chi connectivity index (χ3n) is 2.91. The molecule has 0 amide bonds. The van der Waals surface area contributed by atoms with Crippen molar-refractivity contribution in [2.24, 2.45) is 4.99 Å². The molecule has 0 aromatic heterocycles. The molecule has 1 rings (SSSR count). The molecule has 0 saturated heterocycles. The fourth-order valence-corrected chi connectivity index (χ4v) is 2.73. The number of esters is 1. The summed E-state index contributed by atoms with van der Waals surface area (Å²) in [5.41, 5.74) is -0.530. The number of rotatable bonds is 6. The van der Waals surface area contributed by atoms with Crippen molar-refractivity contribution in [3.8, 4) is 0 Å². The van der Waals surface area contributed by atoms with Crippen LogP contribution in [-0.4, -0.2) is 28.1 Å². The number of hydrogen-bond acceptors (Lipinski definition) is 4. The van der Waals surface area contributed by atoms with E-state index in [0.29, 0.717) is 10.5 Å². The molecule has 1 aliphatic rings. The zero-order chi connectivity index (χ0) is 12.9. The number of aliphatic imine (C=N–C) groups is 1. The molecule has 0 spiro atoms. The molecule has 0 bridgehead atoms. The number of carbonyl (C=O) groups excluding carboxylic acids is 1. The maximum atomic E-state index is 11.8. The molecule has 2 unspecified atom stereocenters. The Morgan fingerprint density at radius 2 is 2.24 bits per heavy atom. The highest BCUT2D eigenvalue weighted by Gasteiger charge is 2.46. The summed E-state index contributed by atoms with van der Waals surface area (Å²) in [5, 5.41) is 0. The normalized spacial score (nSPS) is 27.5. The lowest BCUT2D eigenvalue weighted by molar-refractivity contribution is -0.148. The van der Waals surface area contributed by atoms with Crippen molar-refractivity contribution >= 4 is 32.5 Å². The Kier molecular flexibility index (Phi) is 5.69. The lowest BCUT2D eigenvalue weighted by Gasteiger charge is -2.27. The zero-order valence-electron chi connectivity index (χ0n) is 10.7. The summed E-state index contributed by atoms with van der Waals surface area (Å²) < 4.78 is 11.3. The molecule has 0 aliphatic carbocycles. The van der Waals surface area contributed by atoms with Gasteiger partial charge in [0.2, 0.25) is 3.90 Å². The number of hydrogen-bond donors (Lipinski definition) is 0. The lowest BCUT2D eigenvalue weighted by atomic mass is 9.91. The van der Waals surface area contributed by atoms with Crippen LogP contribution in [-0.2, 0) is 14.3 Å². The second-order valence-corrected chi connectivity index (χ2v) is 5.33. The van der Waals surface area contributed by atoms with Crippen molar-refractivity contribution in [1.29, 1.82) is 0 Å². The molecular formula is C12H20INO3. The van der Waals surface area contributed by atoms with E-state index < -0.39 is 11.6 Å². The van der Waals surface area contributed by atoms with Gasteiger partial charge in [0.25, 0.3) is 0 Å². The molecule has 0 N–H and O–H groups in total. The Hall–Kier alpha value is -0.330. The molecule has 5 heteroatoms. The summed E-state index contributed by atoms with van der Waals surface area (Å²) in [5.74, 6) is -0.279. The van der Waals surface area contributed by atoms with E-state index in [1.165, 1.54) is 0 Å². The number of nitrogens with zero attached hydrogens (tertiary/aromatic N) is 1. The average Bonchev–Trinajstić information content (AvgIpc) is 2.55. The van der Waals surface area contributed by atoms with Crippen molar-refractivity contribution in [2.45, 2.75) is 58.1 Å². The maximum Gasteiger partial charge on any atom is 0.335 e. The van der Waals surface area contributed by atoms with Crippen LogP contribution in [0, 0.1) is 0 Å². The summed E-state index contributed by atoms with van der Waals surface area (Å²) in [7, 11) is 0. The molecule has 0 radical (unpaired) electrons. The molecule has 1 aliphatic heterocycles. The van der Waals surface area contributed by atoms with E-state index in [4.69, 9.17) is 9.47 Å². The zero-order valence-corrected chi connectivity index (χ0v) is 12.8. The molecule has 98 valence electrons. The highest BCUT2D eigenvalue weighted by atomic mass is 127. The molecule has 0 aromatic rings. The van der Waals surface area contributed by atoms with Crippen LogP contribution in [0.5, 0.6) is 0 Å². The Morgan fingerprint density at radius 3 is 2.82 bits per heavy atom. The molecule has 4 nitrogen and oxygen atoms in total. The van der Waals surface area contributed by atoms with E-state index >= 15 is 0 Å². The standard InChI is InChI=1S/C12H20INO3/c1-4-6-7-8-12(3)9(10(15)16-5-2)14-11(13)17-12/h9H,4-8H2,1-3H3. The summed E-state index contributed by atoms with van der Waals surface area (Å²) in [6, 6.07) is -0.508. The van der Waals surface area contributed by atoms with Crippen LogP contribution < -0.4 is 0 Å². The first kappa shape index (κ1) is 14.7. The summed E-state index contributed by atoms with van der Waals surface area (Å²) in [4.78, 5) is 16.1. The first-order chi connectivity index (χ1) is 8.03. The molecule has 2 atom stereocenters. The summed E-state index contributed by atoms with van der Waals surface area (Å²) >= 11 is 2.02. The molecule has 0 aromatic carbocycles.